The molecule has 0 radical (unpaired) electrons. The number of carbonyl (C=O) groups excluding carboxylic acids is 1. The summed E-state index contributed by atoms with van der Waals surface area (Å²) in [6, 6.07) is 0.00463. The SMILES string of the molecule is CC(C)(C)OC(=O)N(C1CCCCC1)C1(C(=O)O)CCC1. The normalized spacial score (nSPS) is 22.2. The van der Waals surface area contributed by atoms with E-state index < -0.39 is 23.2 Å². The van der Waals surface area contributed by atoms with Crippen LogP contribution in [-0.2, 0) is 9.53 Å². The minimum Gasteiger partial charge on any atom is -0.479 e. The number of carboxylic acids is 1. The third kappa shape index (κ3) is 3.33. The van der Waals surface area contributed by atoms with Gasteiger partial charge in [0.15, 0.2) is 0 Å². The van der Waals surface area contributed by atoms with E-state index in [4.69, 9.17) is 4.74 Å². The van der Waals surface area contributed by atoms with Gasteiger partial charge in [0.25, 0.3) is 0 Å². The summed E-state index contributed by atoms with van der Waals surface area (Å²) >= 11 is 0. The molecule has 0 aromatic carbocycles. The van der Waals surface area contributed by atoms with Gasteiger partial charge in [-0.1, -0.05) is 19.3 Å². The molecule has 0 aromatic rings. The summed E-state index contributed by atoms with van der Waals surface area (Å²) in [5, 5.41) is 9.68. The van der Waals surface area contributed by atoms with Gasteiger partial charge in [0.05, 0.1) is 0 Å². The zero-order valence-corrected chi connectivity index (χ0v) is 13.4. The average molecular weight is 297 g/mol. The Bertz CT molecular complexity index is 403. The Morgan fingerprint density at radius 3 is 2.05 bits per heavy atom. The summed E-state index contributed by atoms with van der Waals surface area (Å²) in [6.07, 6.45) is 6.52. The van der Waals surface area contributed by atoms with Crippen LogP contribution in [0.3, 0.4) is 0 Å². The first-order chi connectivity index (χ1) is 9.76. The predicted molar refractivity (Wildman–Crippen MR) is 79.2 cm³/mol. The number of carbonyl (C=O) groups is 2. The van der Waals surface area contributed by atoms with E-state index in [2.05, 4.69) is 0 Å². The van der Waals surface area contributed by atoms with Crippen molar-refractivity contribution in [1.29, 1.82) is 0 Å². The van der Waals surface area contributed by atoms with Gasteiger partial charge in [0.2, 0.25) is 0 Å². The van der Waals surface area contributed by atoms with E-state index in [-0.39, 0.29) is 6.04 Å². The molecule has 0 aliphatic heterocycles. The monoisotopic (exact) mass is 297 g/mol. The van der Waals surface area contributed by atoms with Gasteiger partial charge in [-0.25, -0.2) is 9.59 Å². The molecular formula is C16H27NO4. The lowest BCUT2D eigenvalue weighted by Gasteiger charge is -2.50. The van der Waals surface area contributed by atoms with E-state index in [0.717, 1.165) is 32.1 Å². The highest BCUT2D eigenvalue weighted by molar-refractivity contribution is 5.85. The Kier molecular flexibility index (Phi) is 4.49. The fraction of sp³-hybridized carbons (Fsp3) is 0.875. The molecule has 0 aromatic heterocycles. The van der Waals surface area contributed by atoms with E-state index in [1.54, 1.807) is 4.90 Å². The zero-order chi connectivity index (χ0) is 15.7. The standard InChI is InChI=1S/C16H27NO4/c1-15(2,3)21-14(20)17(12-8-5-4-6-9-12)16(13(18)19)10-7-11-16/h12H,4-11H2,1-3H3,(H,18,19). The summed E-state index contributed by atoms with van der Waals surface area (Å²) in [5.74, 6) is -0.884. The molecule has 2 rings (SSSR count). The fourth-order valence-corrected chi connectivity index (χ4v) is 3.39. The second-order valence-electron chi connectivity index (χ2n) is 7.33. The maximum atomic E-state index is 12.6. The summed E-state index contributed by atoms with van der Waals surface area (Å²) < 4.78 is 5.51. The Morgan fingerprint density at radius 2 is 1.67 bits per heavy atom. The Morgan fingerprint density at radius 1 is 1.10 bits per heavy atom. The van der Waals surface area contributed by atoms with Crippen molar-refractivity contribution in [1.82, 2.24) is 4.90 Å². The van der Waals surface area contributed by atoms with Gasteiger partial charge in [-0.2, -0.15) is 0 Å². The van der Waals surface area contributed by atoms with Crippen LogP contribution in [0.25, 0.3) is 0 Å². The lowest BCUT2D eigenvalue weighted by atomic mass is 9.73. The van der Waals surface area contributed by atoms with Gasteiger partial charge in [0, 0.05) is 6.04 Å². The first-order valence-corrected chi connectivity index (χ1v) is 8.02. The Labute approximate surface area is 126 Å². The molecule has 0 spiro atoms. The highest BCUT2D eigenvalue weighted by Crippen LogP contribution is 2.42. The Balaban J connectivity index is 2.25. The zero-order valence-electron chi connectivity index (χ0n) is 13.4. The van der Waals surface area contributed by atoms with Crippen molar-refractivity contribution in [2.24, 2.45) is 0 Å². The van der Waals surface area contributed by atoms with Crippen LogP contribution in [0.5, 0.6) is 0 Å². The Hall–Kier alpha value is -1.26. The second-order valence-corrected chi connectivity index (χ2v) is 7.33. The van der Waals surface area contributed by atoms with E-state index in [9.17, 15) is 14.7 Å². The fourth-order valence-electron chi connectivity index (χ4n) is 3.39. The van der Waals surface area contributed by atoms with Crippen LogP contribution in [0.1, 0.15) is 72.1 Å². The highest BCUT2D eigenvalue weighted by Gasteiger charge is 2.54. The van der Waals surface area contributed by atoms with E-state index in [1.807, 2.05) is 20.8 Å². The number of aliphatic carboxylic acids is 1. The quantitative estimate of drug-likeness (QED) is 0.865. The first-order valence-electron chi connectivity index (χ1n) is 8.02. The van der Waals surface area contributed by atoms with Crippen molar-refractivity contribution >= 4 is 12.1 Å². The maximum absolute atomic E-state index is 12.6. The smallest absolute Gasteiger partial charge is 0.411 e. The summed E-state index contributed by atoms with van der Waals surface area (Å²) in [7, 11) is 0. The van der Waals surface area contributed by atoms with Crippen LogP contribution >= 0.6 is 0 Å². The molecule has 0 heterocycles. The number of ether oxygens (including phenoxy) is 1. The molecule has 0 bridgehead atoms. The molecule has 2 saturated carbocycles. The van der Waals surface area contributed by atoms with Crippen LogP contribution in [0.2, 0.25) is 0 Å². The summed E-state index contributed by atoms with van der Waals surface area (Å²) in [6.45, 7) is 5.45. The largest absolute Gasteiger partial charge is 0.479 e. The molecule has 5 heteroatoms. The molecule has 21 heavy (non-hydrogen) atoms. The third-order valence-electron chi connectivity index (χ3n) is 4.57. The molecule has 2 fully saturated rings. The number of hydrogen-bond acceptors (Lipinski definition) is 3. The molecule has 2 aliphatic carbocycles. The van der Waals surface area contributed by atoms with Gasteiger partial charge in [-0.3, -0.25) is 4.90 Å². The van der Waals surface area contributed by atoms with Gasteiger partial charge in [-0.05, 0) is 52.9 Å². The average Bonchev–Trinajstić information content (AvgIpc) is 2.31. The number of amides is 1. The van der Waals surface area contributed by atoms with E-state index in [1.165, 1.54) is 6.42 Å². The first kappa shape index (κ1) is 16.1. The van der Waals surface area contributed by atoms with Crippen molar-refractivity contribution in [3.05, 3.63) is 0 Å². The van der Waals surface area contributed by atoms with Crippen LogP contribution in [0.15, 0.2) is 0 Å². The van der Waals surface area contributed by atoms with Gasteiger partial charge in [0.1, 0.15) is 11.1 Å². The molecule has 1 amide bonds. The number of rotatable bonds is 3. The van der Waals surface area contributed by atoms with Crippen LogP contribution in [0.4, 0.5) is 4.79 Å². The molecule has 5 nitrogen and oxygen atoms in total. The van der Waals surface area contributed by atoms with Crippen molar-refractivity contribution in [2.45, 2.75) is 89.3 Å². The topological polar surface area (TPSA) is 66.8 Å². The molecule has 0 atom stereocenters. The molecule has 0 saturated heterocycles. The van der Waals surface area contributed by atoms with Gasteiger partial charge < -0.3 is 9.84 Å². The molecule has 0 unspecified atom stereocenters. The molecular weight excluding hydrogens is 270 g/mol. The van der Waals surface area contributed by atoms with E-state index >= 15 is 0 Å². The number of nitrogens with zero attached hydrogens (tertiary/aromatic N) is 1. The van der Waals surface area contributed by atoms with Crippen molar-refractivity contribution in [3.8, 4) is 0 Å². The number of carboxylic acid groups (broad SMARTS) is 1. The lowest BCUT2D eigenvalue weighted by Crippen LogP contribution is -2.65. The van der Waals surface area contributed by atoms with Crippen molar-refractivity contribution in [2.75, 3.05) is 0 Å². The molecule has 120 valence electrons. The minimum atomic E-state index is -1.04. The summed E-state index contributed by atoms with van der Waals surface area (Å²) in [4.78, 5) is 26.0. The maximum Gasteiger partial charge on any atom is 0.411 e. The molecule has 2 aliphatic rings. The number of hydrogen-bond donors (Lipinski definition) is 1. The van der Waals surface area contributed by atoms with Crippen molar-refractivity contribution < 1.29 is 19.4 Å². The van der Waals surface area contributed by atoms with Crippen LogP contribution in [0, 0.1) is 0 Å². The van der Waals surface area contributed by atoms with E-state index in [0.29, 0.717) is 12.8 Å². The molecule has 1 N–H and O–H groups in total. The lowest BCUT2D eigenvalue weighted by molar-refractivity contribution is -0.160. The third-order valence-corrected chi connectivity index (χ3v) is 4.57. The van der Waals surface area contributed by atoms with Gasteiger partial charge >= 0.3 is 12.1 Å². The second kappa shape index (κ2) is 5.85. The van der Waals surface area contributed by atoms with Crippen LogP contribution in [-0.4, -0.2) is 39.3 Å². The highest BCUT2D eigenvalue weighted by atomic mass is 16.6. The van der Waals surface area contributed by atoms with Gasteiger partial charge in [-0.15, -0.1) is 0 Å². The minimum absolute atomic E-state index is 0.00463. The summed E-state index contributed by atoms with van der Waals surface area (Å²) in [5.41, 5.74) is -1.64. The van der Waals surface area contributed by atoms with Crippen LogP contribution < -0.4 is 0 Å². The van der Waals surface area contributed by atoms with Crippen molar-refractivity contribution in [3.63, 3.8) is 0 Å². The predicted octanol–water partition coefficient (Wildman–Crippen LogP) is 3.56.